The Bertz CT molecular complexity index is 226. The molecule has 0 aromatic heterocycles. The minimum atomic E-state index is 0.832. The van der Waals surface area contributed by atoms with E-state index in [1.807, 2.05) is 0 Å². The molecule has 0 rings (SSSR count). The molecule has 0 fully saturated rings. The fourth-order valence-corrected chi connectivity index (χ4v) is 2.95. The van der Waals surface area contributed by atoms with E-state index < -0.39 is 0 Å². The van der Waals surface area contributed by atoms with Crippen LogP contribution in [0.1, 0.15) is 105 Å². The van der Waals surface area contributed by atoms with E-state index in [1.54, 1.807) is 5.57 Å². The maximum Gasteiger partial charge on any atom is -0.0234 e. The smallest absolute Gasteiger partial charge is 0.0234 e. The van der Waals surface area contributed by atoms with Crippen molar-refractivity contribution in [2.24, 2.45) is 11.8 Å². The van der Waals surface area contributed by atoms with Crippen LogP contribution in [0.2, 0.25) is 0 Å². The molecule has 0 aliphatic heterocycles. The van der Waals surface area contributed by atoms with E-state index in [4.69, 9.17) is 0 Å². The maximum absolute atomic E-state index is 2.57. The third kappa shape index (κ3) is 11.6. The van der Waals surface area contributed by atoms with Crippen LogP contribution in [0.4, 0.5) is 0 Å². The Kier molecular flexibility index (Phi) is 13.5. The molecular weight excluding hydrogens is 240 g/mol. The predicted molar refractivity (Wildman–Crippen MR) is 94.2 cm³/mol. The van der Waals surface area contributed by atoms with Gasteiger partial charge in [0.15, 0.2) is 0 Å². The minimum Gasteiger partial charge on any atom is -0.0825 e. The Morgan fingerprint density at radius 1 is 0.850 bits per heavy atom. The van der Waals surface area contributed by atoms with Gasteiger partial charge in [-0.3, -0.25) is 0 Å². The van der Waals surface area contributed by atoms with Gasteiger partial charge in [-0.25, -0.2) is 0 Å². The maximum atomic E-state index is 2.57. The van der Waals surface area contributed by atoms with Crippen LogP contribution in [0.5, 0.6) is 0 Å². The number of hydrogen-bond acceptors (Lipinski definition) is 0. The molecule has 120 valence electrons. The van der Waals surface area contributed by atoms with Crippen molar-refractivity contribution >= 4 is 0 Å². The summed E-state index contributed by atoms with van der Waals surface area (Å²) in [6.45, 7) is 11.7. The van der Waals surface area contributed by atoms with Crippen molar-refractivity contribution in [3.63, 3.8) is 0 Å². The molecule has 0 spiro atoms. The van der Waals surface area contributed by atoms with Crippen LogP contribution in [-0.4, -0.2) is 0 Å². The van der Waals surface area contributed by atoms with Gasteiger partial charge in [-0.2, -0.15) is 0 Å². The molecule has 20 heavy (non-hydrogen) atoms. The average Bonchev–Trinajstić information content (AvgIpc) is 2.45. The van der Waals surface area contributed by atoms with Crippen molar-refractivity contribution in [3.8, 4) is 0 Å². The Labute approximate surface area is 129 Å². The van der Waals surface area contributed by atoms with E-state index >= 15 is 0 Å². The molecular formula is C20H40. The fraction of sp³-hybridized carbons (Fsp3) is 0.900. The molecule has 0 saturated carbocycles. The summed E-state index contributed by atoms with van der Waals surface area (Å²) in [4.78, 5) is 0. The first-order chi connectivity index (χ1) is 9.63. The second kappa shape index (κ2) is 13.7. The van der Waals surface area contributed by atoms with Gasteiger partial charge in [0.05, 0.1) is 0 Å². The standard InChI is InChI=1S/C20H40/c1-6-9-13-18(4)14-11-12-15-19(5)17-20(8-3)16-10-7-2/h17-18,20H,6-16H2,1-5H3. The van der Waals surface area contributed by atoms with Crippen molar-refractivity contribution in [3.05, 3.63) is 11.6 Å². The molecule has 0 aliphatic carbocycles. The van der Waals surface area contributed by atoms with E-state index in [9.17, 15) is 0 Å². The average molecular weight is 281 g/mol. The van der Waals surface area contributed by atoms with Gasteiger partial charge in [0.1, 0.15) is 0 Å². The topological polar surface area (TPSA) is 0 Å². The highest BCUT2D eigenvalue weighted by Crippen LogP contribution is 2.20. The van der Waals surface area contributed by atoms with Gasteiger partial charge >= 0.3 is 0 Å². The van der Waals surface area contributed by atoms with E-state index in [0.717, 1.165) is 11.8 Å². The SMILES string of the molecule is CCCCC(C)CCCCC(C)=CC(CC)CCCC. The van der Waals surface area contributed by atoms with Gasteiger partial charge in [0, 0.05) is 0 Å². The van der Waals surface area contributed by atoms with E-state index in [0.29, 0.717) is 0 Å². The summed E-state index contributed by atoms with van der Waals surface area (Å²) < 4.78 is 0. The first kappa shape index (κ1) is 19.7. The number of hydrogen-bond donors (Lipinski definition) is 0. The molecule has 0 nitrogen and oxygen atoms in total. The molecule has 0 aromatic rings. The number of rotatable bonds is 13. The first-order valence-electron chi connectivity index (χ1n) is 9.31. The van der Waals surface area contributed by atoms with Crippen molar-refractivity contribution in [1.29, 1.82) is 0 Å². The molecule has 2 unspecified atom stereocenters. The molecule has 0 aliphatic rings. The highest BCUT2D eigenvalue weighted by atomic mass is 14.1. The molecule has 2 atom stereocenters. The Balaban J connectivity index is 3.76. The number of allylic oxidation sites excluding steroid dienone is 2. The number of unbranched alkanes of at least 4 members (excludes halogenated alkanes) is 3. The fourth-order valence-electron chi connectivity index (χ4n) is 2.95. The van der Waals surface area contributed by atoms with Crippen LogP contribution >= 0.6 is 0 Å². The monoisotopic (exact) mass is 280 g/mol. The summed E-state index contributed by atoms with van der Waals surface area (Å²) in [5, 5.41) is 0. The highest BCUT2D eigenvalue weighted by molar-refractivity contribution is 5.00. The van der Waals surface area contributed by atoms with Crippen molar-refractivity contribution in [2.45, 2.75) is 105 Å². The van der Waals surface area contributed by atoms with Gasteiger partial charge in [-0.05, 0) is 44.4 Å². The zero-order valence-corrected chi connectivity index (χ0v) is 15.0. The van der Waals surface area contributed by atoms with Gasteiger partial charge in [0.25, 0.3) is 0 Å². The second-order valence-corrected chi connectivity index (χ2v) is 6.82. The quantitative estimate of drug-likeness (QED) is 0.241. The molecule has 0 radical (unpaired) electrons. The van der Waals surface area contributed by atoms with Crippen LogP contribution in [0.15, 0.2) is 11.6 Å². The lowest BCUT2D eigenvalue weighted by Gasteiger charge is -2.12. The predicted octanol–water partition coefficient (Wildman–Crippen LogP) is 7.54. The van der Waals surface area contributed by atoms with Crippen molar-refractivity contribution in [2.75, 3.05) is 0 Å². The molecule has 0 amide bonds. The van der Waals surface area contributed by atoms with Gasteiger partial charge in [-0.1, -0.05) is 84.3 Å². The van der Waals surface area contributed by atoms with E-state index in [-0.39, 0.29) is 0 Å². The molecule has 0 heterocycles. The summed E-state index contributed by atoms with van der Waals surface area (Å²) in [5.74, 6) is 1.77. The van der Waals surface area contributed by atoms with E-state index in [1.165, 1.54) is 70.6 Å². The normalized spacial score (nSPS) is 15.3. The summed E-state index contributed by atoms with van der Waals surface area (Å²) in [7, 11) is 0. The Morgan fingerprint density at radius 3 is 2.05 bits per heavy atom. The van der Waals surface area contributed by atoms with Crippen LogP contribution in [0.25, 0.3) is 0 Å². The summed E-state index contributed by atoms with van der Waals surface area (Å²) in [6.07, 6.45) is 17.7. The van der Waals surface area contributed by atoms with Gasteiger partial charge < -0.3 is 0 Å². The van der Waals surface area contributed by atoms with Crippen LogP contribution in [-0.2, 0) is 0 Å². The first-order valence-corrected chi connectivity index (χ1v) is 9.31. The van der Waals surface area contributed by atoms with Crippen LogP contribution in [0.3, 0.4) is 0 Å². The molecule has 0 heteroatoms. The molecule has 0 N–H and O–H groups in total. The van der Waals surface area contributed by atoms with Gasteiger partial charge in [0.2, 0.25) is 0 Å². The minimum absolute atomic E-state index is 0.832. The third-order valence-corrected chi connectivity index (χ3v) is 4.54. The summed E-state index contributed by atoms with van der Waals surface area (Å²) >= 11 is 0. The van der Waals surface area contributed by atoms with E-state index in [2.05, 4.69) is 40.7 Å². The second-order valence-electron chi connectivity index (χ2n) is 6.82. The van der Waals surface area contributed by atoms with Gasteiger partial charge in [-0.15, -0.1) is 0 Å². The van der Waals surface area contributed by atoms with Crippen LogP contribution in [0, 0.1) is 11.8 Å². The lowest BCUT2D eigenvalue weighted by molar-refractivity contribution is 0.449. The highest BCUT2D eigenvalue weighted by Gasteiger charge is 2.04. The lowest BCUT2D eigenvalue weighted by atomic mass is 9.94. The summed E-state index contributed by atoms with van der Waals surface area (Å²) in [6, 6.07) is 0. The zero-order valence-electron chi connectivity index (χ0n) is 15.0. The Morgan fingerprint density at radius 2 is 1.45 bits per heavy atom. The summed E-state index contributed by atoms with van der Waals surface area (Å²) in [5.41, 5.74) is 1.63. The largest absolute Gasteiger partial charge is 0.0825 e. The van der Waals surface area contributed by atoms with Crippen molar-refractivity contribution in [1.82, 2.24) is 0 Å². The van der Waals surface area contributed by atoms with Crippen molar-refractivity contribution < 1.29 is 0 Å². The molecule has 0 saturated heterocycles. The molecule has 0 aromatic carbocycles. The third-order valence-electron chi connectivity index (χ3n) is 4.54. The lowest BCUT2D eigenvalue weighted by Crippen LogP contribution is -1.97. The molecule has 0 bridgehead atoms. The van der Waals surface area contributed by atoms with Crippen LogP contribution < -0.4 is 0 Å². The zero-order chi connectivity index (χ0) is 15.2. The Hall–Kier alpha value is -0.260.